The van der Waals surface area contributed by atoms with Crippen LogP contribution < -0.4 is 0 Å². The van der Waals surface area contributed by atoms with Gasteiger partial charge in [-0.1, -0.05) is 27.4 Å². The van der Waals surface area contributed by atoms with Gasteiger partial charge < -0.3 is 13.5 Å². The lowest BCUT2D eigenvalue weighted by Crippen LogP contribution is -2.41. The Kier molecular flexibility index (Phi) is 8.32. The zero-order valence-electron chi connectivity index (χ0n) is 15.4. The lowest BCUT2D eigenvalue weighted by Gasteiger charge is -2.36. The van der Waals surface area contributed by atoms with Crippen LogP contribution in [0.1, 0.15) is 41.0 Å². The van der Waals surface area contributed by atoms with Gasteiger partial charge in [-0.15, -0.1) is 0 Å². The summed E-state index contributed by atoms with van der Waals surface area (Å²) in [5, 5.41) is -0.0261. The maximum absolute atomic E-state index is 14.3. The molecule has 0 aliphatic carbocycles. The van der Waals surface area contributed by atoms with Crippen LogP contribution in [0, 0.1) is 0 Å². The molecule has 0 aliphatic heterocycles. The molecular formula is C15H31F2O4PSi. The standard InChI is InChI=1S/C15H31F2O4PSi/c1-9-19-22(18,20-10-2)15(16,17)11-13(3)12-21-23(7,8)14(4,5)6/h3,9-12H2,1-2,4-8H3. The molecule has 0 spiro atoms. The predicted octanol–water partition coefficient (Wildman–Crippen LogP) is 5.81. The van der Waals surface area contributed by atoms with Crippen molar-refractivity contribution >= 4 is 15.9 Å². The maximum atomic E-state index is 14.3. The molecule has 0 bridgehead atoms. The summed E-state index contributed by atoms with van der Waals surface area (Å²) in [5.41, 5.74) is -3.44. The zero-order chi connectivity index (χ0) is 18.5. The summed E-state index contributed by atoms with van der Waals surface area (Å²) in [6.45, 7) is 16.7. The molecule has 0 unspecified atom stereocenters. The summed E-state index contributed by atoms with van der Waals surface area (Å²) in [5.74, 6) is 0. The molecule has 0 aliphatic rings. The van der Waals surface area contributed by atoms with Gasteiger partial charge in [0.05, 0.1) is 19.8 Å². The lowest BCUT2D eigenvalue weighted by molar-refractivity contribution is 0.0375. The van der Waals surface area contributed by atoms with Gasteiger partial charge in [0.15, 0.2) is 8.32 Å². The van der Waals surface area contributed by atoms with Crippen LogP contribution in [0.4, 0.5) is 8.78 Å². The van der Waals surface area contributed by atoms with Crippen LogP contribution >= 0.6 is 7.60 Å². The first kappa shape index (κ1) is 22.9. The summed E-state index contributed by atoms with van der Waals surface area (Å²) in [6, 6.07) is 0. The molecule has 0 heterocycles. The van der Waals surface area contributed by atoms with Crippen molar-refractivity contribution in [3.05, 3.63) is 12.2 Å². The smallest absolute Gasteiger partial charge is 0.399 e. The summed E-state index contributed by atoms with van der Waals surface area (Å²) >= 11 is 0. The average molecular weight is 372 g/mol. The molecule has 23 heavy (non-hydrogen) atoms. The number of rotatable bonds is 10. The molecule has 0 N–H and O–H groups in total. The van der Waals surface area contributed by atoms with Crippen LogP contribution in [0.15, 0.2) is 12.2 Å². The fourth-order valence-corrected chi connectivity index (χ4v) is 4.06. The molecule has 0 radical (unpaired) electrons. The average Bonchev–Trinajstić information content (AvgIpc) is 2.35. The SMILES string of the molecule is C=C(CO[Si](C)(C)C(C)(C)C)CC(F)(F)P(=O)(OCC)OCC. The second-order valence-corrected chi connectivity index (χ2v) is 13.9. The molecule has 4 nitrogen and oxygen atoms in total. The number of alkyl halides is 2. The fourth-order valence-electron chi connectivity index (χ4n) is 1.51. The van der Waals surface area contributed by atoms with E-state index in [2.05, 4.69) is 27.4 Å². The zero-order valence-corrected chi connectivity index (χ0v) is 17.3. The number of hydrogen-bond donors (Lipinski definition) is 0. The molecule has 0 amide bonds. The van der Waals surface area contributed by atoms with E-state index < -0.39 is 28.0 Å². The van der Waals surface area contributed by atoms with Crippen LogP contribution in [0.5, 0.6) is 0 Å². The van der Waals surface area contributed by atoms with Gasteiger partial charge in [-0.2, -0.15) is 8.78 Å². The Morgan fingerprint density at radius 1 is 1.13 bits per heavy atom. The summed E-state index contributed by atoms with van der Waals surface area (Å²) < 4.78 is 56.3. The highest BCUT2D eigenvalue weighted by molar-refractivity contribution is 7.55. The number of hydrogen-bond acceptors (Lipinski definition) is 4. The van der Waals surface area contributed by atoms with Crippen LogP contribution in [-0.2, 0) is 18.0 Å². The van der Waals surface area contributed by atoms with Gasteiger partial charge in [0.25, 0.3) is 0 Å². The monoisotopic (exact) mass is 372 g/mol. The van der Waals surface area contributed by atoms with Gasteiger partial charge in [-0.05, 0) is 37.6 Å². The van der Waals surface area contributed by atoms with Crippen molar-refractivity contribution < 1.29 is 26.8 Å². The van der Waals surface area contributed by atoms with E-state index in [0.717, 1.165) is 0 Å². The molecule has 0 fully saturated rings. The molecule has 0 aromatic heterocycles. The minimum atomic E-state index is -4.51. The largest absolute Gasteiger partial charge is 0.413 e. The van der Waals surface area contributed by atoms with Crippen molar-refractivity contribution in [2.45, 2.75) is 64.8 Å². The highest BCUT2D eigenvalue weighted by Crippen LogP contribution is 2.63. The van der Waals surface area contributed by atoms with Crippen LogP contribution in [-0.4, -0.2) is 33.8 Å². The van der Waals surface area contributed by atoms with E-state index in [9.17, 15) is 13.3 Å². The first-order valence-corrected chi connectivity index (χ1v) is 12.2. The summed E-state index contributed by atoms with van der Waals surface area (Å²) in [4.78, 5) is 0. The highest BCUT2D eigenvalue weighted by Gasteiger charge is 2.53. The van der Waals surface area contributed by atoms with E-state index in [1.807, 2.05) is 13.1 Å². The fraction of sp³-hybridized carbons (Fsp3) is 0.867. The second kappa shape index (κ2) is 8.34. The third-order valence-electron chi connectivity index (χ3n) is 3.90. The Hall–Kier alpha value is -0.0731. The van der Waals surface area contributed by atoms with Crippen LogP contribution in [0.3, 0.4) is 0 Å². The van der Waals surface area contributed by atoms with Gasteiger partial charge in [0.2, 0.25) is 0 Å². The summed E-state index contributed by atoms with van der Waals surface area (Å²) in [6.07, 6.45) is -0.779. The number of halogens is 2. The highest BCUT2D eigenvalue weighted by atomic mass is 31.2. The Labute approximate surface area is 140 Å². The molecule has 0 aromatic carbocycles. The molecule has 0 aromatic rings. The van der Waals surface area contributed by atoms with E-state index in [1.165, 1.54) is 13.8 Å². The van der Waals surface area contributed by atoms with Crippen molar-refractivity contribution in [1.82, 2.24) is 0 Å². The third-order valence-corrected chi connectivity index (χ3v) is 10.5. The van der Waals surface area contributed by atoms with Gasteiger partial charge in [0, 0.05) is 6.42 Å². The molecule has 0 saturated carbocycles. The van der Waals surface area contributed by atoms with Crippen molar-refractivity contribution in [2.75, 3.05) is 19.8 Å². The Balaban J connectivity index is 4.90. The van der Waals surface area contributed by atoms with Crippen LogP contribution in [0.25, 0.3) is 0 Å². The predicted molar refractivity (Wildman–Crippen MR) is 92.7 cm³/mol. The summed E-state index contributed by atoms with van der Waals surface area (Å²) in [7, 11) is -6.57. The van der Waals surface area contributed by atoms with E-state index in [0.29, 0.717) is 0 Å². The van der Waals surface area contributed by atoms with Crippen molar-refractivity contribution in [3.8, 4) is 0 Å². The van der Waals surface area contributed by atoms with Gasteiger partial charge in [0.1, 0.15) is 0 Å². The Morgan fingerprint density at radius 3 is 1.91 bits per heavy atom. The van der Waals surface area contributed by atoms with E-state index in [4.69, 9.17) is 13.5 Å². The van der Waals surface area contributed by atoms with E-state index in [-0.39, 0.29) is 30.4 Å². The van der Waals surface area contributed by atoms with Gasteiger partial charge >= 0.3 is 13.3 Å². The molecule has 0 saturated heterocycles. The van der Waals surface area contributed by atoms with Crippen molar-refractivity contribution in [2.24, 2.45) is 0 Å². The maximum Gasteiger partial charge on any atom is 0.399 e. The topological polar surface area (TPSA) is 44.8 Å². The molecule has 0 rings (SSSR count). The Bertz CT molecular complexity index is 437. The van der Waals surface area contributed by atoms with Gasteiger partial charge in [-0.3, -0.25) is 4.57 Å². The first-order chi connectivity index (χ1) is 10.2. The molecular weight excluding hydrogens is 341 g/mol. The van der Waals surface area contributed by atoms with Crippen molar-refractivity contribution in [1.29, 1.82) is 0 Å². The van der Waals surface area contributed by atoms with E-state index >= 15 is 0 Å². The van der Waals surface area contributed by atoms with Gasteiger partial charge in [-0.25, -0.2) is 0 Å². The third kappa shape index (κ3) is 6.39. The molecule has 8 heteroatoms. The minimum Gasteiger partial charge on any atom is -0.413 e. The Morgan fingerprint density at radius 2 is 1.57 bits per heavy atom. The normalized spacial score (nSPS) is 14.1. The first-order valence-electron chi connectivity index (χ1n) is 7.80. The van der Waals surface area contributed by atoms with Crippen molar-refractivity contribution in [3.63, 3.8) is 0 Å². The minimum absolute atomic E-state index is 0.0182. The quantitative estimate of drug-likeness (QED) is 0.276. The van der Waals surface area contributed by atoms with E-state index in [1.54, 1.807) is 0 Å². The molecule has 0 atom stereocenters. The van der Waals surface area contributed by atoms with Crippen LogP contribution in [0.2, 0.25) is 18.1 Å². The molecule has 138 valence electrons. The lowest BCUT2D eigenvalue weighted by atomic mass is 10.2. The second-order valence-electron chi connectivity index (χ2n) is 6.97.